The lowest BCUT2D eigenvalue weighted by Crippen LogP contribution is -2.56. The van der Waals surface area contributed by atoms with Gasteiger partial charge in [-0.05, 0) is 73.2 Å². The van der Waals surface area contributed by atoms with Crippen LogP contribution in [0.4, 0.5) is 11.4 Å². The van der Waals surface area contributed by atoms with Crippen LogP contribution in [0, 0.1) is 20.8 Å². The van der Waals surface area contributed by atoms with E-state index in [-0.39, 0.29) is 18.4 Å². The lowest BCUT2D eigenvalue weighted by Gasteiger charge is -2.40. The Morgan fingerprint density at radius 1 is 0.781 bits per heavy atom. The third-order valence-electron chi connectivity index (χ3n) is 6.35. The Labute approximate surface area is 190 Å². The summed E-state index contributed by atoms with van der Waals surface area (Å²) in [4.78, 5) is 30.6. The smallest absolute Gasteiger partial charge is 0.255 e. The van der Waals surface area contributed by atoms with Crippen LogP contribution in [0.25, 0.3) is 0 Å². The van der Waals surface area contributed by atoms with Gasteiger partial charge in [0.2, 0.25) is 5.91 Å². The third kappa shape index (κ3) is 4.05. The van der Waals surface area contributed by atoms with Gasteiger partial charge in [0.05, 0.1) is 0 Å². The molecule has 4 nitrogen and oxygen atoms in total. The van der Waals surface area contributed by atoms with Crippen LogP contribution in [-0.4, -0.2) is 18.4 Å². The standard InChI is InChI=1S/C28H30N2O2/c1-18(2)22-9-11-23(12-10-22)27-28(32)29(25-15-8-20(4)21(5)16-25)17-26(31)30(27)24-13-6-19(3)7-14-24/h6-16,18,27H,17H2,1-5H3. The van der Waals surface area contributed by atoms with Gasteiger partial charge in [-0.25, -0.2) is 0 Å². The van der Waals surface area contributed by atoms with Gasteiger partial charge in [0.25, 0.3) is 5.91 Å². The van der Waals surface area contributed by atoms with Crippen LogP contribution in [0.15, 0.2) is 66.7 Å². The molecular formula is C28H30N2O2. The van der Waals surface area contributed by atoms with Crippen molar-refractivity contribution >= 4 is 23.2 Å². The lowest BCUT2D eigenvalue weighted by molar-refractivity contribution is -0.128. The molecule has 4 rings (SSSR count). The summed E-state index contributed by atoms with van der Waals surface area (Å²) < 4.78 is 0. The Kier molecular flexibility index (Phi) is 5.88. The maximum absolute atomic E-state index is 13.9. The van der Waals surface area contributed by atoms with Gasteiger partial charge in [-0.1, -0.05) is 61.9 Å². The predicted molar refractivity (Wildman–Crippen MR) is 130 cm³/mol. The number of rotatable bonds is 4. The molecule has 1 aliphatic heterocycles. The molecule has 0 aromatic heterocycles. The Morgan fingerprint density at radius 3 is 2.00 bits per heavy atom. The van der Waals surface area contributed by atoms with Gasteiger partial charge in [0.1, 0.15) is 12.6 Å². The molecule has 0 spiro atoms. The van der Waals surface area contributed by atoms with Gasteiger partial charge >= 0.3 is 0 Å². The molecule has 164 valence electrons. The van der Waals surface area contributed by atoms with E-state index < -0.39 is 6.04 Å². The van der Waals surface area contributed by atoms with E-state index in [2.05, 4.69) is 26.0 Å². The average Bonchev–Trinajstić information content (AvgIpc) is 2.77. The number of carbonyl (C=O) groups is 2. The minimum absolute atomic E-state index is 0.0236. The number of amides is 2. The van der Waals surface area contributed by atoms with Crippen molar-refractivity contribution in [3.63, 3.8) is 0 Å². The highest BCUT2D eigenvalue weighted by atomic mass is 16.2. The Morgan fingerprint density at radius 2 is 1.41 bits per heavy atom. The molecule has 2 amide bonds. The number of benzene rings is 3. The van der Waals surface area contributed by atoms with E-state index in [1.54, 1.807) is 9.80 Å². The Balaban J connectivity index is 1.80. The Bertz CT molecular complexity index is 1150. The monoisotopic (exact) mass is 426 g/mol. The first-order valence-corrected chi connectivity index (χ1v) is 11.1. The molecular weight excluding hydrogens is 396 g/mol. The highest BCUT2D eigenvalue weighted by Crippen LogP contribution is 2.35. The minimum Gasteiger partial charge on any atom is -0.301 e. The fraction of sp³-hybridized carbons (Fsp3) is 0.286. The van der Waals surface area contributed by atoms with Crippen molar-refractivity contribution in [2.24, 2.45) is 0 Å². The van der Waals surface area contributed by atoms with Crippen molar-refractivity contribution < 1.29 is 9.59 Å². The summed E-state index contributed by atoms with van der Waals surface area (Å²) in [5.74, 6) is 0.211. The van der Waals surface area contributed by atoms with Crippen molar-refractivity contribution in [3.05, 3.63) is 94.5 Å². The molecule has 0 aliphatic carbocycles. The van der Waals surface area contributed by atoms with E-state index >= 15 is 0 Å². The van der Waals surface area contributed by atoms with Crippen LogP contribution in [0.5, 0.6) is 0 Å². The summed E-state index contributed by atoms with van der Waals surface area (Å²) in [5, 5.41) is 0. The van der Waals surface area contributed by atoms with Gasteiger partial charge in [0.15, 0.2) is 0 Å². The van der Waals surface area contributed by atoms with Gasteiger partial charge in [0, 0.05) is 11.4 Å². The quantitative estimate of drug-likeness (QED) is 0.524. The molecule has 1 aliphatic rings. The maximum atomic E-state index is 13.9. The first-order chi connectivity index (χ1) is 15.3. The summed E-state index contributed by atoms with van der Waals surface area (Å²) in [5.41, 5.74) is 6.90. The number of aryl methyl sites for hydroxylation is 3. The van der Waals surface area contributed by atoms with Gasteiger partial charge in [-0.15, -0.1) is 0 Å². The van der Waals surface area contributed by atoms with Crippen LogP contribution in [-0.2, 0) is 9.59 Å². The summed E-state index contributed by atoms with van der Waals surface area (Å²) in [6.45, 7) is 10.4. The van der Waals surface area contributed by atoms with Gasteiger partial charge < -0.3 is 4.90 Å². The number of anilines is 2. The third-order valence-corrected chi connectivity index (χ3v) is 6.35. The van der Waals surface area contributed by atoms with E-state index in [1.165, 1.54) is 5.56 Å². The number of hydrogen-bond acceptors (Lipinski definition) is 2. The topological polar surface area (TPSA) is 40.6 Å². The second-order valence-electron chi connectivity index (χ2n) is 9.02. The average molecular weight is 427 g/mol. The van der Waals surface area contributed by atoms with Crippen molar-refractivity contribution in [2.45, 2.75) is 46.6 Å². The van der Waals surface area contributed by atoms with Crippen LogP contribution in [0.2, 0.25) is 0 Å². The molecule has 1 atom stereocenters. The zero-order chi connectivity index (χ0) is 23.0. The molecule has 1 fully saturated rings. The summed E-state index contributed by atoms with van der Waals surface area (Å²) in [6.07, 6.45) is 0. The van der Waals surface area contributed by atoms with Crippen molar-refractivity contribution in [1.29, 1.82) is 0 Å². The minimum atomic E-state index is -0.707. The Hall–Kier alpha value is -3.40. The zero-order valence-electron chi connectivity index (χ0n) is 19.4. The van der Waals surface area contributed by atoms with E-state index in [4.69, 9.17) is 0 Å². The molecule has 1 saturated heterocycles. The molecule has 1 unspecified atom stereocenters. The number of carbonyl (C=O) groups excluding carboxylic acids is 2. The summed E-state index contributed by atoms with van der Waals surface area (Å²) in [7, 11) is 0. The van der Waals surface area contributed by atoms with E-state index in [1.807, 2.05) is 75.4 Å². The van der Waals surface area contributed by atoms with Crippen LogP contribution in [0.1, 0.15) is 53.6 Å². The highest BCUT2D eigenvalue weighted by Gasteiger charge is 2.41. The SMILES string of the molecule is Cc1ccc(N2C(=O)CN(c3ccc(C)c(C)c3)C(=O)C2c2ccc(C(C)C)cc2)cc1. The number of piperazine rings is 1. The fourth-order valence-corrected chi connectivity index (χ4v) is 4.16. The van der Waals surface area contributed by atoms with Gasteiger partial charge in [-0.2, -0.15) is 0 Å². The fourth-order valence-electron chi connectivity index (χ4n) is 4.16. The number of nitrogens with zero attached hydrogens (tertiary/aromatic N) is 2. The second kappa shape index (κ2) is 8.62. The van der Waals surface area contributed by atoms with Crippen LogP contribution >= 0.6 is 0 Å². The normalized spacial score (nSPS) is 16.8. The van der Waals surface area contributed by atoms with Gasteiger partial charge in [-0.3, -0.25) is 14.5 Å². The summed E-state index contributed by atoms with van der Waals surface area (Å²) in [6, 6.07) is 21.1. The maximum Gasteiger partial charge on any atom is 0.255 e. The molecule has 32 heavy (non-hydrogen) atoms. The van der Waals surface area contributed by atoms with Crippen molar-refractivity contribution in [2.75, 3.05) is 16.3 Å². The molecule has 0 saturated carbocycles. The second-order valence-corrected chi connectivity index (χ2v) is 9.02. The first kappa shape index (κ1) is 21.8. The summed E-state index contributed by atoms with van der Waals surface area (Å²) >= 11 is 0. The predicted octanol–water partition coefficient (Wildman–Crippen LogP) is 5.86. The van der Waals surface area contributed by atoms with Crippen LogP contribution in [0.3, 0.4) is 0 Å². The van der Waals surface area contributed by atoms with Crippen LogP contribution < -0.4 is 9.80 Å². The molecule has 4 heteroatoms. The highest BCUT2D eigenvalue weighted by molar-refractivity contribution is 6.14. The molecule has 0 bridgehead atoms. The first-order valence-electron chi connectivity index (χ1n) is 11.1. The molecule has 0 radical (unpaired) electrons. The number of hydrogen-bond donors (Lipinski definition) is 0. The zero-order valence-corrected chi connectivity index (χ0v) is 19.4. The molecule has 0 N–H and O–H groups in total. The lowest BCUT2D eigenvalue weighted by atomic mass is 9.95. The van der Waals surface area contributed by atoms with Crippen molar-refractivity contribution in [3.8, 4) is 0 Å². The molecule has 3 aromatic rings. The van der Waals surface area contributed by atoms with Crippen molar-refractivity contribution in [1.82, 2.24) is 0 Å². The van der Waals surface area contributed by atoms with E-state index in [0.29, 0.717) is 5.92 Å². The van der Waals surface area contributed by atoms with E-state index in [0.717, 1.165) is 33.6 Å². The molecule has 1 heterocycles. The largest absolute Gasteiger partial charge is 0.301 e. The molecule has 3 aromatic carbocycles. The van der Waals surface area contributed by atoms with E-state index in [9.17, 15) is 9.59 Å².